The fraction of sp³-hybridized carbons (Fsp3) is 0.421. The average Bonchev–Trinajstić information content (AvgIpc) is 3.30. The highest BCUT2D eigenvalue weighted by atomic mass is 32.2. The lowest BCUT2D eigenvalue weighted by atomic mass is 10.1. The van der Waals surface area contributed by atoms with Crippen LogP contribution in [0.3, 0.4) is 0 Å². The Morgan fingerprint density at radius 2 is 2.18 bits per heavy atom. The van der Waals surface area contributed by atoms with E-state index in [0.29, 0.717) is 29.5 Å². The van der Waals surface area contributed by atoms with E-state index in [0.717, 1.165) is 36.0 Å². The molecule has 3 heterocycles. The number of phenolic OH excluding ortho intramolecular Hbond substituents is 1. The number of aromatic amines is 1. The Balaban J connectivity index is 1.63. The van der Waals surface area contributed by atoms with Crippen LogP contribution in [0.4, 0.5) is 0 Å². The van der Waals surface area contributed by atoms with Crippen LogP contribution in [-0.4, -0.2) is 32.6 Å². The first-order valence-corrected chi connectivity index (χ1v) is 10.2. The van der Waals surface area contributed by atoms with Crippen molar-refractivity contribution in [1.82, 2.24) is 14.8 Å². The van der Waals surface area contributed by atoms with E-state index in [-0.39, 0.29) is 17.5 Å². The molecule has 0 radical (unpaired) electrons. The van der Waals surface area contributed by atoms with Crippen LogP contribution in [0.15, 0.2) is 37.4 Å². The van der Waals surface area contributed by atoms with Crippen LogP contribution < -0.4 is 11.3 Å². The maximum Gasteiger partial charge on any atom is 0.344 e. The third kappa shape index (κ3) is 3.72. The molecule has 1 atom stereocenters. The van der Waals surface area contributed by atoms with Crippen LogP contribution >= 0.6 is 11.8 Å². The Morgan fingerprint density at radius 3 is 2.93 bits per heavy atom. The van der Waals surface area contributed by atoms with E-state index in [4.69, 9.17) is 9.15 Å². The topological polar surface area (TPSA) is 110 Å². The van der Waals surface area contributed by atoms with Crippen LogP contribution in [0.2, 0.25) is 0 Å². The Labute approximate surface area is 164 Å². The minimum absolute atomic E-state index is 0.0225. The van der Waals surface area contributed by atoms with E-state index >= 15 is 0 Å². The molecule has 0 amide bonds. The van der Waals surface area contributed by atoms with Crippen LogP contribution in [0.1, 0.15) is 30.9 Å². The number of benzene rings is 1. The third-order valence-electron chi connectivity index (χ3n) is 4.90. The molecule has 1 aliphatic rings. The second-order valence-electron chi connectivity index (χ2n) is 6.77. The van der Waals surface area contributed by atoms with Crippen molar-refractivity contribution in [3.63, 3.8) is 0 Å². The molecule has 0 aliphatic carbocycles. The number of nitrogens with zero attached hydrogens (tertiary/aromatic N) is 2. The number of fused-ring (bicyclic) bond motifs is 1. The van der Waals surface area contributed by atoms with Gasteiger partial charge >= 0.3 is 11.3 Å². The highest BCUT2D eigenvalue weighted by molar-refractivity contribution is 7.98. The Bertz CT molecular complexity index is 1110. The Hall–Kier alpha value is -2.52. The minimum Gasteiger partial charge on any atom is -0.508 e. The molecular formula is C19H21N3O5S. The number of aromatic hydroxyl groups is 1. The van der Waals surface area contributed by atoms with E-state index < -0.39 is 5.63 Å². The van der Waals surface area contributed by atoms with Crippen molar-refractivity contribution in [1.29, 1.82) is 0 Å². The fourth-order valence-corrected chi connectivity index (χ4v) is 4.37. The zero-order chi connectivity index (χ0) is 19.7. The number of hydrogen-bond donors (Lipinski definition) is 2. The number of thioether (sulfide) groups is 1. The molecule has 0 spiro atoms. The average molecular weight is 403 g/mol. The Kier molecular flexibility index (Phi) is 5.27. The van der Waals surface area contributed by atoms with Crippen molar-refractivity contribution in [3.05, 3.63) is 50.2 Å². The summed E-state index contributed by atoms with van der Waals surface area (Å²) in [5.41, 5.74) is 1.14. The van der Waals surface area contributed by atoms with Crippen LogP contribution in [0, 0.1) is 0 Å². The number of aryl methyl sites for hydroxylation is 1. The highest BCUT2D eigenvalue weighted by Crippen LogP contribution is 2.30. The van der Waals surface area contributed by atoms with Gasteiger partial charge in [0.25, 0.3) is 0 Å². The monoisotopic (exact) mass is 403 g/mol. The summed E-state index contributed by atoms with van der Waals surface area (Å²) in [5.74, 6) is 0.548. The summed E-state index contributed by atoms with van der Waals surface area (Å²) in [6.07, 6.45) is 2.61. The van der Waals surface area contributed by atoms with Gasteiger partial charge in [0.05, 0.1) is 12.6 Å². The number of phenols is 1. The van der Waals surface area contributed by atoms with Crippen LogP contribution in [-0.2, 0) is 23.5 Å². The van der Waals surface area contributed by atoms with Gasteiger partial charge in [-0.15, -0.1) is 5.10 Å². The van der Waals surface area contributed by atoms with Crippen molar-refractivity contribution in [2.75, 3.05) is 6.61 Å². The lowest BCUT2D eigenvalue weighted by molar-refractivity contribution is 0.0941. The number of rotatable bonds is 6. The molecule has 0 unspecified atom stereocenters. The molecule has 9 heteroatoms. The molecule has 2 aromatic heterocycles. The van der Waals surface area contributed by atoms with E-state index in [9.17, 15) is 14.7 Å². The summed E-state index contributed by atoms with van der Waals surface area (Å²) < 4.78 is 12.4. The zero-order valence-electron chi connectivity index (χ0n) is 15.4. The number of aromatic nitrogens is 3. The first-order valence-electron chi connectivity index (χ1n) is 9.23. The van der Waals surface area contributed by atoms with Crippen molar-refractivity contribution in [2.24, 2.45) is 0 Å². The summed E-state index contributed by atoms with van der Waals surface area (Å²) in [6.45, 7) is 3.13. The molecule has 1 saturated heterocycles. The van der Waals surface area contributed by atoms with E-state index in [1.165, 1.54) is 23.9 Å². The van der Waals surface area contributed by atoms with Gasteiger partial charge in [0.2, 0.25) is 0 Å². The van der Waals surface area contributed by atoms with Crippen LogP contribution in [0.5, 0.6) is 5.75 Å². The normalized spacial score (nSPS) is 16.8. The molecule has 0 saturated carbocycles. The lowest BCUT2D eigenvalue weighted by Crippen LogP contribution is -2.24. The standard InChI is InChI=1S/C19H21N3O5S/c1-2-11-6-14-12(7-17(24)27-16(14)8-15(11)23)10-28-19-21-20-18(25)22(19)9-13-4-3-5-26-13/h6-8,13,23H,2-5,9-10H2,1H3,(H,20,25)/t13-/m0/s1. The second-order valence-corrected chi connectivity index (χ2v) is 7.71. The fourth-order valence-electron chi connectivity index (χ4n) is 3.42. The van der Waals surface area contributed by atoms with Gasteiger partial charge in [-0.2, -0.15) is 0 Å². The lowest BCUT2D eigenvalue weighted by Gasteiger charge is -2.11. The molecule has 1 fully saturated rings. The number of ether oxygens (including phenoxy) is 1. The number of nitrogens with one attached hydrogen (secondary N) is 1. The third-order valence-corrected chi connectivity index (χ3v) is 5.93. The summed E-state index contributed by atoms with van der Waals surface area (Å²) >= 11 is 1.37. The smallest absolute Gasteiger partial charge is 0.344 e. The molecule has 3 aromatic rings. The van der Waals surface area contributed by atoms with Gasteiger partial charge in [0.15, 0.2) is 5.16 Å². The second kappa shape index (κ2) is 7.84. The van der Waals surface area contributed by atoms with Gasteiger partial charge in [0.1, 0.15) is 11.3 Å². The summed E-state index contributed by atoms with van der Waals surface area (Å²) in [5, 5.41) is 18.0. The van der Waals surface area contributed by atoms with Crippen molar-refractivity contribution < 1.29 is 14.3 Å². The molecule has 2 N–H and O–H groups in total. The molecule has 148 valence electrons. The molecule has 1 aliphatic heterocycles. The first-order chi connectivity index (χ1) is 13.5. The first kappa shape index (κ1) is 18.8. The van der Waals surface area contributed by atoms with E-state index in [2.05, 4.69) is 10.2 Å². The van der Waals surface area contributed by atoms with Gasteiger partial charge in [-0.25, -0.2) is 14.7 Å². The summed E-state index contributed by atoms with van der Waals surface area (Å²) in [6, 6.07) is 4.76. The van der Waals surface area contributed by atoms with Crippen molar-refractivity contribution in [3.8, 4) is 5.75 Å². The molecule has 8 nitrogen and oxygen atoms in total. The largest absolute Gasteiger partial charge is 0.508 e. The molecule has 28 heavy (non-hydrogen) atoms. The number of H-pyrrole nitrogens is 1. The number of hydrogen-bond acceptors (Lipinski definition) is 7. The van der Waals surface area contributed by atoms with Gasteiger partial charge in [-0.3, -0.25) is 4.57 Å². The molecular weight excluding hydrogens is 382 g/mol. The SMILES string of the molecule is CCc1cc2c(CSc3n[nH]c(=O)n3C[C@@H]3CCCO3)cc(=O)oc2cc1O. The summed E-state index contributed by atoms with van der Waals surface area (Å²) in [4.78, 5) is 24.0. The quantitative estimate of drug-likeness (QED) is 0.480. The van der Waals surface area contributed by atoms with Gasteiger partial charge in [-0.1, -0.05) is 18.7 Å². The predicted octanol–water partition coefficient (Wildman–Crippen LogP) is 2.42. The van der Waals surface area contributed by atoms with Crippen LogP contribution in [0.25, 0.3) is 11.0 Å². The highest BCUT2D eigenvalue weighted by Gasteiger charge is 2.20. The maximum atomic E-state index is 12.1. The van der Waals surface area contributed by atoms with Gasteiger partial charge < -0.3 is 14.3 Å². The van der Waals surface area contributed by atoms with Crippen molar-refractivity contribution in [2.45, 2.75) is 49.7 Å². The van der Waals surface area contributed by atoms with Gasteiger partial charge in [0, 0.05) is 29.9 Å². The zero-order valence-corrected chi connectivity index (χ0v) is 16.3. The van der Waals surface area contributed by atoms with E-state index in [1.54, 1.807) is 4.57 Å². The molecule has 1 aromatic carbocycles. The Morgan fingerprint density at radius 1 is 1.32 bits per heavy atom. The molecule has 0 bridgehead atoms. The van der Waals surface area contributed by atoms with Gasteiger partial charge in [-0.05, 0) is 36.5 Å². The van der Waals surface area contributed by atoms with E-state index in [1.807, 2.05) is 13.0 Å². The molecule has 4 rings (SSSR count). The predicted molar refractivity (Wildman–Crippen MR) is 105 cm³/mol. The van der Waals surface area contributed by atoms with Crippen molar-refractivity contribution >= 4 is 22.7 Å². The maximum absolute atomic E-state index is 12.1. The minimum atomic E-state index is -0.481. The summed E-state index contributed by atoms with van der Waals surface area (Å²) in [7, 11) is 0.